The lowest BCUT2D eigenvalue weighted by molar-refractivity contribution is -0.126. The van der Waals surface area contributed by atoms with Gasteiger partial charge in [0.2, 0.25) is 5.91 Å². The highest BCUT2D eigenvalue weighted by atomic mass is 35.5. The Labute approximate surface area is 96.4 Å². The van der Waals surface area contributed by atoms with Gasteiger partial charge in [0, 0.05) is 12.4 Å². The summed E-state index contributed by atoms with van der Waals surface area (Å²) in [6, 6.07) is -0.498. The lowest BCUT2D eigenvalue weighted by Crippen LogP contribution is -2.48. The van der Waals surface area contributed by atoms with Crippen LogP contribution in [0.4, 0.5) is 4.79 Å². The van der Waals surface area contributed by atoms with Gasteiger partial charge in [-0.2, -0.15) is 4.99 Å². The van der Waals surface area contributed by atoms with E-state index in [9.17, 15) is 9.59 Å². The van der Waals surface area contributed by atoms with Crippen molar-refractivity contribution in [1.29, 1.82) is 0 Å². The van der Waals surface area contributed by atoms with Crippen molar-refractivity contribution in [1.82, 2.24) is 4.90 Å². The van der Waals surface area contributed by atoms with E-state index < -0.39 is 6.03 Å². The molecule has 0 bridgehead atoms. The molecular weight excluding hydrogens is 236 g/mol. The van der Waals surface area contributed by atoms with Crippen LogP contribution in [0.2, 0.25) is 0 Å². The van der Waals surface area contributed by atoms with Crippen LogP contribution >= 0.6 is 23.4 Å². The Balaban J connectivity index is 2.31. The Bertz CT molecular complexity index is 392. The second-order valence-corrected chi connectivity index (χ2v) is 4.63. The summed E-state index contributed by atoms with van der Waals surface area (Å²) in [6.07, 6.45) is 0. The molecule has 0 aliphatic carbocycles. The molecule has 1 unspecified atom stereocenters. The molecule has 2 heterocycles. The fourth-order valence-electron chi connectivity index (χ4n) is 1.51. The maximum absolute atomic E-state index is 11.9. The van der Waals surface area contributed by atoms with Crippen LogP contribution in [0.5, 0.6) is 0 Å². The van der Waals surface area contributed by atoms with Crippen molar-refractivity contribution in [3.63, 3.8) is 0 Å². The minimum atomic E-state index is -0.498. The molecule has 0 saturated heterocycles. The number of thioether (sulfide) groups is 1. The van der Waals surface area contributed by atoms with Gasteiger partial charge in [-0.25, -0.2) is 4.79 Å². The van der Waals surface area contributed by atoms with Crippen LogP contribution < -0.4 is 0 Å². The number of amides is 3. The highest BCUT2D eigenvalue weighted by Gasteiger charge is 2.40. The number of fused-ring (bicyclic) bond motifs is 1. The minimum absolute atomic E-state index is 0.205. The third kappa shape index (κ3) is 1.70. The first-order valence-electron chi connectivity index (χ1n) is 4.47. The predicted molar refractivity (Wildman–Crippen MR) is 60.4 cm³/mol. The van der Waals surface area contributed by atoms with Crippen LogP contribution in [0.1, 0.15) is 6.92 Å². The average Bonchev–Trinajstić information content (AvgIpc) is 2.55. The number of urea groups is 1. The van der Waals surface area contributed by atoms with Gasteiger partial charge in [0.1, 0.15) is 5.25 Å². The van der Waals surface area contributed by atoms with Gasteiger partial charge in [-0.3, -0.25) is 9.69 Å². The standard InChI is InChI=1S/C9H9ClN2O2S/c1-5-4-15-7-6(5)11-9(14)12(3-2-10)8(7)13/h4,7H,2-3H2,1H3. The Morgan fingerprint density at radius 1 is 1.60 bits per heavy atom. The molecule has 0 aromatic heterocycles. The summed E-state index contributed by atoms with van der Waals surface area (Å²) in [6.45, 7) is 2.08. The molecule has 15 heavy (non-hydrogen) atoms. The zero-order valence-electron chi connectivity index (χ0n) is 8.07. The number of aliphatic imine (C=N–C) groups is 1. The molecule has 2 aliphatic rings. The molecule has 0 spiro atoms. The molecule has 80 valence electrons. The van der Waals surface area contributed by atoms with Crippen molar-refractivity contribution in [2.24, 2.45) is 4.99 Å². The van der Waals surface area contributed by atoms with E-state index in [2.05, 4.69) is 4.99 Å². The van der Waals surface area contributed by atoms with Crippen LogP contribution in [0.3, 0.4) is 0 Å². The molecule has 0 N–H and O–H groups in total. The maximum Gasteiger partial charge on any atom is 0.350 e. The van der Waals surface area contributed by atoms with E-state index in [0.29, 0.717) is 5.71 Å². The Hall–Kier alpha value is -0.810. The molecule has 2 aliphatic heterocycles. The lowest BCUT2D eigenvalue weighted by Gasteiger charge is -2.25. The van der Waals surface area contributed by atoms with Gasteiger partial charge in [-0.05, 0) is 17.9 Å². The van der Waals surface area contributed by atoms with Crippen molar-refractivity contribution >= 4 is 41.0 Å². The van der Waals surface area contributed by atoms with Gasteiger partial charge in [-0.1, -0.05) is 0 Å². The number of allylic oxidation sites excluding steroid dienone is 1. The van der Waals surface area contributed by atoms with Gasteiger partial charge >= 0.3 is 6.03 Å². The van der Waals surface area contributed by atoms with E-state index >= 15 is 0 Å². The molecule has 0 aromatic carbocycles. The number of carbonyl (C=O) groups is 2. The Morgan fingerprint density at radius 3 is 3.00 bits per heavy atom. The fraction of sp³-hybridized carbons (Fsp3) is 0.444. The van der Waals surface area contributed by atoms with E-state index in [-0.39, 0.29) is 23.6 Å². The minimum Gasteiger partial charge on any atom is -0.273 e. The first-order valence-corrected chi connectivity index (χ1v) is 5.95. The molecule has 0 radical (unpaired) electrons. The monoisotopic (exact) mass is 244 g/mol. The van der Waals surface area contributed by atoms with E-state index in [1.165, 1.54) is 11.8 Å². The summed E-state index contributed by atoms with van der Waals surface area (Å²) in [5, 5.41) is 1.52. The number of halogens is 1. The summed E-state index contributed by atoms with van der Waals surface area (Å²) in [4.78, 5) is 28.4. The average molecular weight is 245 g/mol. The number of hydrogen-bond donors (Lipinski definition) is 0. The van der Waals surface area contributed by atoms with Crippen LogP contribution in [0, 0.1) is 0 Å². The zero-order chi connectivity index (χ0) is 11.0. The predicted octanol–water partition coefficient (Wildman–Crippen LogP) is 1.65. The third-order valence-electron chi connectivity index (χ3n) is 2.28. The molecule has 2 rings (SSSR count). The highest BCUT2D eigenvalue weighted by molar-refractivity contribution is 8.04. The molecule has 6 heteroatoms. The zero-order valence-corrected chi connectivity index (χ0v) is 9.64. The lowest BCUT2D eigenvalue weighted by atomic mass is 10.1. The number of alkyl halides is 1. The van der Waals surface area contributed by atoms with Crippen molar-refractivity contribution in [3.8, 4) is 0 Å². The number of rotatable bonds is 2. The summed E-state index contributed by atoms with van der Waals surface area (Å²) >= 11 is 6.92. The molecule has 1 atom stereocenters. The summed E-state index contributed by atoms with van der Waals surface area (Å²) in [7, 11) is 0. The number of carbonyl (C=O) groups excluding carboxylic acids is 2. The van der Waals surface area contributed by atoms with Gasteiger partial charge < -0.3 is 0 Å². The maximum atomic E-state index is 11.9. The van der Waals surface area contributed by atoms with Crippen LogP contribution in [-0.4, -0.2) is 40.2 Å². The number of hydrogen-bond acceptors (Lipinski definition) is 3. The van der Waals surface area contributed by atoms with Gasteiger partial charge in [0.25, 0.3) is 0 Å². The van der Waals surface area contributed by atoms with E-state index in [0.717, 1.165) is 10.5 Å². The summed E-state index contributed by atoms with van der Waals surface area (Å²) < 4.78 is 0. The van der Waals surface area contributed by atoms with Crippen LogP contribution in [0.15, 0.2) is 16.0 Å². The first kappa shape index (κ1) is 10.7. The fourth-order valence-corrected chi connectivity index (χ4v) is 2.75. The highest BCUT2D eigenvalue weighted by Crippen LogP contribution is 2.31. The second kappa shape index (κ2) is 3.98. The van der Waals surface area contributed by atoms with Crippen LogP contribution in [0.25, 0.3) is 0 Å². The molecular formula is C9H9ClN2O2S. The molecule has 0 saturated carbocycles. The van der Waals surface area contributed by atoms with Crippen molar-refractivity contribution in [2.75, 3.05) is 12.4 Å². The van der Waals surface area contributed by atoms with Gasteiger partial charge in [0.15, 0.2) is 0 Å². The van der Waals surface area contributed by atoms with Gasteiger partial charge in [0.05, 0.1) is 5.71 Å². The first-order chi connectivity index (χ1) is 7.15. The van der Waals surface area contributed by atoms with Crippen molar-refractivity contribution in [2.45, 2.75) is 12.2 Å². The quantitative estimate of drug-likeness (QED) is 0.694. The molecule has 0 aromatic rings. The Morgan fingerprint density at radius 2 is 2.33 bits per heavy atom. The normalized spacial score (nSPS) is 25.2. The summed E-state index contributed by atoms with van der Waals surface area (Å²) in [5.41, 5.74) is 1.50. The largest absolute Gasteiger partial charge is 0.350 e. The van der Waals surface area contributed by atoms with Gasteiger partial charge in [-0.15, -0.1) is 23.4 Å². The molecule has 0 fully saturated rings. The topological polar surface area (TPSA) is 49.7 Å². The van der Waals surface area contributed by atoms with E-state index in [1.807, 2.05) is 12.3 Å². The SMILES string of the molecule is CC1=CSC2C(=O)N(CCCl)C(=O)N=C12. The van der Waals surface area contributed by atoms with E-state index in [4.69, 9.17) is 11.6 Å². The number of imide groups is 1. The molecule has 4 nitrogen and oxygen atoms in total. The van der Waals surface area contributed by atoms with E-state index in [1.54, 1.807) is 0 Å². The van der Waals surface area contributed by atoms with Crippen molar-refractivity contribution < 1.29 is 9.59 Å². The number of nitrogens with zero attached hydrogens (tertiary/aromatic N) is 2. The summed E-state index contributed by atoms with van der Waals surface area (Å²) in [5.74, 6) is 0.0373. The van der Waals surface area contributed by atoms with Crippen molar-refractivity contribution in [3.05, 3.63) is 11.0 Å². The molecule has 3 amide bonds. The second-order valence-electron chi connectivity index (χ2n) is 3.28. The third-order valence-corrected chi connectivity index (χ3v) is 3.63. The smallest absolute Gasteiger partial charge is 0.273 e. The Kier molecular flexibility index (Phi) is 2.84. The van der Waals surface area contributed by atoms with Crippen LogP contribution in [-0.2, 0) is 4.79 Å².